The number of ether oxygens (including phenoxy) is 2. The molecule has 0 spiro atoms. The smallest absolute Gasteiger partial charge is 0.161 e. The van der Waals surface area contributed by atoms with E-state index in [0.29, 0.717) is 17.4 Å². The van der Waals surface area contributed by atoms with Gasteiger partial charge in [0.15, 0.2) is 11.5 Å². The average Bonchev–Trinajstić information content (AvgIpc) is 2.37. The second kappa shape index (κ2) is 7.27. The van der Waals surface area contributed by atoms with Crippen LogP contribution in [0.15, 0.2) is 18.2 Å². The number of rotatable bonds is 7. The minimum Gasteiger partial charge on any atom is -0.493 e. The lowest BCUT2D eigenvalue weighted by Gasteiger charge is -2.14. The van der Waals surface area contributed by atoms with E-state index in [1.165, 1.54) is 0 Å². The van der Waals surface area contributed by atoms with E-state index < -0.39 is 6.10 Å². The molecule has 0 bridgehead atoms. The number of methoxy groups -OCH3 is 2. The molecule has 0 fully saturated rings. The van der Waals surface area contributed by atoms with Gasteiger partial charge in [-0.1, -0.05) is 32.8 Å². The van der Waals surface area contributed by atoms with Gasteiger partial charge >= 0.3 is 0 Å². The first kappa shape index (κ1) is 14.8. The number of aliphatic hydroxyl groups is 1. The fraction of sp³-hybridized carbons (Fsp3) is 0.600. The average molecular weight is 252 g/mol. The molecule has 0 radical (unpaired) electrons. The van der Waals surface area contributed by atoms with Crippen LogP contribution < -0.4 is 9.47 Å². The van der Waals surface area contributed by atoms with Crippen LogP contribution in [0.2, 0.25) is 0 Å². The van der Waals surface area contributed by atoms with Gasteiger partial charge in [-0.15, -0.1) is 0 Å². The quantitative estimate of drug-likeness (QED) is 0.806. The third-order valence-corrected chi connectivity index (χ3v) is 3.05. The number of aliphatic hydroxyl groups excluding tert-OH is 1. The second-order valence-electron chi connectivity index (χ2n) is 4.95. The monoisotopic (exact) mass is 252 g/mol. The van der Waals surface area contributed by atoms with Crippen molar-refractivity contribution in [2.24, 2.45) is 5.92 Å². The van der Waals surface area contributed by atoms with E-state index in [1.54, 1.807) is 14.2 Å². The molecule has 0 aliphatic heterocycles. The molecule has 0 aliphatic rings. The molecule has 1 atom stereocenters. The van der Waals surface area contributed by atoms with Crippen LogP contribution in [-0.2, 0) is 0 Å². The summed E-state index contributed by atoms with van der Waals surface area (Å²) in [5.41, 5.74) is 0.886. The van der Waals surface area contributed by atoms with Crippen LogP contribution in [0.1, 0.15) is 44.8 Å². The van der Waals surface area contributed by atoms with E-state index in [1.807, 2.05) is 18.2 Å². The summed E-state index contributed by atoms with van der Waals surface area (Å²) in [5.74, 6) is 2.04. The maximum absolute atomic E-state index is 10.1. The highest BCUT2D eigenvalue weighted by molar-refractivity contribution is 5.43. The molecular weight excluding hydrogens is 228 g/mol. The number of benzene rings is 1. The zero-order valence-corrected chi connectivity index (χ0v) is 11.8. The Kier molecular flexibility index (Phi) is 5.99. The fourth-order valence-corrected chi connectivity index (χ4v) is 1.95. The van der Waals surface area contributed by atoms with Crippen molar-refractivity contribution in [1.82, 2.24) is 0 Å². The van der Waals surface area contributed by atoms with Gasteiger partial charge in [0.2, 0.25) is 0 Å². The van der Waals surface area contributed by atoms with Gasteiger partial charge in [-0.3, -0.25) is 0 Å². The first-order valence-corrected chi connectivity index (χ1v) is 6.48. The molecule has 1 N–H and O–H groups in total. The molecule has 0 aliphatic carbocycles. The molecule has 1 aromatic rings. The molecule has 0 amide bonds. The summed E-state index contributed by atoms with van der Waals surface area (Å²) in [6.45, 7) is 4.39. The third-order valence-electron chi connectivity index (χ3n) is 3.05. The Labute approximate surface area is 110 Å². The Balaban J connectivity index is 2.65. The van der Waals surface area contributed by atoms with E-state index >= 15 is 0 Å². The van der Waals surface area contributed by atoms with Crippen LogP contribution in [0.5, 0.6) is 11.5 Å². The lowest BCUT2D eigenvalue weighted by atomic mass is 10.00. The predicted molar refractivity (Wildman–Crippen MR) is 73.2 cm³/mol. The maximum atomic E-state index is 10.1. The number of hydrogen-bond acceptors (Lipinski definition) is 3. The summed E-state index contributed by atoms with van der Waals surface area (Å²) in [6.07, 6.45) is 2.54. The predicted octanol–water partition coefficient (Wildman–Crippen LogP) is 3.56. The van der Waals surface area contributed by atoms with Crippen LogP contribution in [0, 0.1) is 5.92 Å². The molecule has 102 valence electrons. The first-order chi connectivity index (χ1) is 8.58. The van der Waals surface area contributed by atoms with Gasteiger partial charge in [0.05, 0.1) is 20.3 Å². The summed E-state index contributed by atoms with van der Waals surface area (Å²) >= 11 is 0. The van der Waals surface area contributed by atoms with Crippen molar-refractivity contribution in [3.05, 3.63) is 23.8 Å². The van der Waals surface area contributed by atoms with Gasteiger partial charge in [-0.25, -0.2) is 0 Å². The van der Waals surface area contributed by atoms with E-state index in [4.69, 9.17) is 9.47 Å². The molecule has 0 aromatic heterocycles. The van der Waals surface area contributed by atoms with Crippen molar-refractivity contribution in [2.75, 3.05) is 14.2 Å². The summed E-state index contributed by atoms with van der Waals surface area (Å²) in [5, 5.41) is 10.1. The van der Waals surface area contributed by atoms with Crippen molar-refractivity contribution < 1.29 is 14.6 Å². The first-order valence-electron chi connectivity index (χ1n) is 6.48. The topological polar surface area (TPSA) is 38.7 Å². The van der Waals surface area contributed by atoms with Crippen LogP contribution in [0.25, 0.3) is 0 Å². The molecule has 18 heavy (non-hydrogen) atoms. The molecule has 0 saturated heterocycles. The van der Waals surface area contributed by atoms with Crippen LogP contribution in [0.3, 0.4) is 0 Å². The highest BCUT2D eigenvalue weighted by Gasteiger charge is 2.11. The van der Waals surface area contributed by atoms with Gasteiger partial charge in [-0.2, -0.15) is 0 Å². The standard InChI is InChI=1S/C15H24O3/c1-11(2)6-5-7-13(16)12-8-9-14(17-3)15(10-12)18-4/h8-11,13,16H,5-7H2,1-4H3. The minimum absolute atomic E-state index is 0.427. The Morgan fingerprint density at radius 2 is 1.72 bits per heavy atom. The molecule has 0 heterocycles. The van der Waals surface area contributed by atoms with Crippen LogP contribution >= 0.6 is 0 Å². The van der Waals surface area contributed by atoms with Crippen molar-refractivity contribution in [1.29, 1.82) is 0 Å². The zero-order valence-electron chi connectivity index (χ0n) is 11.8. The van der Waals surface area contributed by atoms with E-state index in [9.17, 15) is 5.11 Å². The van der Waals surface area contributed by atoms with Crippen LogP contribution in [0.4, 0.5) is 0 Å². The maximum Gasteiger partial charge on any atom is 0.161 e. The summed E-state index contributed by atoms with van der Waals surface area (Å²) in [4.78, 5) is 0. The largest absolute Gasteiger partial charge is 0.493 e. The highest BCUT2D eigenvalue weighted by atomic mass is 16.5. The third kappa shape index (κ3) is 4.22. The number of hydrogen-bond donors (Lipinski definition) is 1. The van der Waals surface area contributed by atoms with Gasteiger partial charge in [0.25, 0.3) is 0 Å². The molecule has 3 nitrogen and oxygen atoms in total. The van der Waals surface area contributed by atoms with E-state index in [-0.39, 0.29) is 0 Å². The van der Waals surface area contributed by atoms with E-state index in [0.717, 1.165) is 24.8 Å². The van der Waals surface area contributed by atoms with Gasteiger partial charge < -0.3 is 14.6 Å². The SMILES string of the molecule is COc1ccc(C(O)CCCC(C)C)cc1OC. The van der Waals surface area contributed by atoms with Gasteiger partial charge in [0, 0.05) is 0 Å². The summed E-state index contributed by atoms with van der Waals surface area (Å²) in [7, 11) is 3.21. The normalized spacial score (nSPS) is 12.6. The van der Waals surface area contributed by atoms with Crippen molar-refractivity contribution in [2.45, 2.75) is 39.2 Å². The van der Waals surface area contributed by atoms with E-state index in [2.05, 4.69) is 13.8 Å². The van der Waals surface area contributed by atoms with Crippen molar-refractivity contribution in [3.8, 4) is 11.5 Å². The van der Waals surface area contributed by atoms with Gasteiger partial charge in [0.1, 0.15) is 0 Å². The van der Waals surface area contributed by atoms with Crippen molar-refractivity contribution in [3.63, 3.8) is 0 Å². The second-order valence-corrected chi connectivity index (χ2v) is 4.95. The van der Waals surface area contributed by atoms with Crippen LogP contribution in [-0.4, -0.2) is 19.3 Å². The van der Waals surface area contributed by atoms with Crippen molar-refractivity contribution >= 4 is 0 Å². The van der Waals surface area contributed by atoms with Gasteiger partial charge in [-0.05, 0) is 30.0 Å². The lowest BCUT2D eigenvalue weighted by Crippen LogP contribution is -2.00. The summed E-state index contributed by atoms with van der Waals surface area (Å²) < 4.78 is 10.4. The Hall–Kier alpha value is -1.22. The Morgan fingerprint density at radius 3 is 2.28 bits per heavy atom. The molecular formula is C15H24O3. The molecule has 0 saturated carbocycles. The Morgan fingerprint density at radius 1 is 1.06 bits per heavy atom. The minimum atomic E-state index is -0.427. The zero-order chi connectivity index (χ0) is 13.5. The lowest BCUT2D eigenvalue weighted by molar-refractivity contribution is 0.161. The molecule has 1 unspecified atom stereocenters. The Bertz CT molecular complexity index is 361. The summed E-state index contributed by atoms with van der Waals surface area (Å²) in [6, 6.07) is 5.57. The molecule has 1 aromatic carbocycles. The highest BCUT2D eigenvalue weighted by Crippen LogP contribution is 2.31. The fourth-order valence-electron chi connectivity index (χ4n) is 1.95. The molecule has 1 rings (SSSR count). The molecule has 3 heteroatoms.